The van der Waals surface area contributed by atoms with Crippen LogP contribution < -0.4 is 9.47 Å². The predicted molar refractivity (Wildman–Crippen MR) is 84.0 cm³/mol. The van der Waals surface area contributed by atoms with Gasteiger partial charge in [0.05, 0.1) is 6.07 Å². The highest BCUT2D eigenvalue weighted by Crippen LogP contribution is 2.26. The summed E-state index contributed by atoms with van der Waals surface area (Å²) in [5, 5.41) is 9.20. The largest absolute Gasteiger partial charge is 0.573 e. The lowest BCUT2D eigenvalue weighted by Gasteiger charge is -2.15. The molecule has 2 aromatic rings. The summed E-state index contributed by atoms with van der Waals surface area (Å²) in [7, 11) is 0. The molecule has 0 radical (unpaired) electrons. The van der Waals surface area contributed by atoms with Crippen molar-refractivity contribution in [2.75, 3.05) is 6.79 Å². The molecule has 0 heterocycles. The van der Waals surface area contributed by atoms with Gasteiger partial charge in [-0.3, -0.25) is 0 Å². The van der Waals surface area contributed by atoms with Crippen LogP contribution in [-0.2, 0) is 4.74 Å². The maximum Gasteiger partial charge on any atom is 0.573 e. The van der Waals surface area contributed by atoms with Gasteiger partial charge in [0, 0.05) is 0 Å². The average molecular weight is 351 g/mol. The zero-order valence-electron chi connectivity index (χ0n) is 13.6. The molecule has 1 atom stereocenters. The molecule has 0 amide bonds. The van der Waals surface area contributed by atoms with Gasteiger partial charge in [0.2, 0.25) is 0 Å². The second-order valence-electron chi connectivity index (χ2n) is 5.28. The normalized spacial score (nSPS) is 12.3. The zero-order chi connectivity index (χ0) is 18.4. The summed E-state index contributed by atoms with van der Waals surface area (Å²) in [5.41, 5.74) is 2.28. The highest BCUT2D eigenvalue weighted by Gasteiger charge is 2.31. The molecule has 25 heavy (non-hydrogen) atoms. The van der Waals surface area contributed by atoms with Crippen LogP contribution in [0.3, 0.4) is 0 Å². The van der Waals surface area contributed by atoms with Gasteiger partial charge in [0.25, 0.3) is 0 Å². The third-order valence-corrected chi connectivity index (χ3v) is 3.38. The maximum absolute atomic E-state index is 12.1. The number of rotatable bonds is 6. The molecule has 0 saturated carbocycles. The summed E-state index contributed by atoms with van der Waals surface area (Å²) < 4.78 is 51.2. The van der Waals surface area contributed by atoms with Crippen LogP contribution in [-0.4, -0.2) is 13.2 Å². The number of nitrogens with zero attached hydrogens (tertiary/aromatic N) is 1. The number of alkyl halides is 3. The third kappa shape index (κ3) is 5.40. The zero-order valence-corrected chi connectivity index (χ0v) is 13.6. The van der Waals surface area contributed by atoms with Gasteiger partial charge in [-0.15, -0.1) is 13.2 Å². The molecule has 2 aromatic carbocycles. The standard InChI is InChI=1S/C18H16F3NO3/c1-12-4-3-5-13(2)17(12)24-11-23-16(10-22)14-6-8-15(9-7-14)25-18(19,20)21/h3-9,16H,11H2,1-2H3. The minimum atomic E-state index is -4.76. The first kappa shape index (κ1) is 18.6. The van der Waals surface area contributed by atoms with E-state index in [2.05, 4.69) is 4.74 Å². The highest BCUT2D eigenvalue weighted by molar-refractivity contribution is 5.39. The fourth-order valence-corrected chi connectivity index (χ4v) is 2.24. The monoisotopic (exact) mass is 351 g/mol. The molecule has 4 nitrogen and oxygen atoms in total. The average Bonchev–Trinajstić information content (AvgIpc) is 2.53. The molecule has 2 rings (SSSR count). The van der Waals surface area contributed by atoms with E-state index in [-0.39, 0.29) is 12.5 Å². The highest BCUT2D eigenvalue weighted by atomic mass is 19.4. The Bertz CT molecular complexity index is 731. The molecule has 0 N–H and O–H groups in total. The van der Waals surface area contributed by atoms with Crippen LogP contribution in [0, 0.1) is 25.2 Å². The number of halogens is 3. The fraction of sp³-hybridized carbons (Fsp3) is 0.278. The molecule has 0 fully saturated rings. The van der Waals surface area contributed by atoms with Gasteiger partial charge in [-0.25, -0.2) is 0 Å². The minimum absolute atomic E-state index is 0.162. The first-order valence-electron chi connectivity index (χ1n) is 7.36. The molecular weight excluding hydrogens is 335 g/mol. The van der Waals surface area contributed by atoms with E-state index in [1.54, 1.807) is 0 Å². The third-order valence-electron chi connectivity index (χ3n) is 3.38. The first-order chi connectivity index (χ1) is 11.8. The van der Waals surface area contributed by atoms with E-state index < -0.39 is 12.5 Å². The van der Waals surface area contributed by atoms with Crippen molar-refractivity contribution < 1.29 is 27.4 Å². The van der Waals surface area contributed by atoms with E-state index in [9.17, 15) is 18.4 Å². The van der Waals surface area contributed by atoms with Crippen molar-refractivity contribution in [1.82, 2.24) is 0 Å². The van der Waals surface area contributed by atoms with Gasteiger partial charge in [-0.2, -0.15) is 5.26 Å². The van der Waals surface area contributed by atoms with Gasteiger partial charge in [0.15, 0.2) is 12.9 Å². The summed E-state index contributed by atoms with van der Waals surface area (Å²) in [6.45, 7) is 3.62. The van der Waals surface area contributed by atoms with Crippen LogP contribution >= 0.6 is 0 Å². The minimum Gasteiger partial charge on any atom is -0.467 e. The summed E-state index contributed by atoms with van der Waals surface area (Å²) in [6.07, 6.45) is -5.73. The van der Waals surface area contributed by atoms with E-state index in [4.69, 9.17) is 9.47 Å². The smallest absolute Gasteiger partial charge is 0.467 e. The summed E-state index contributed by atoms with van der Waals surface area (Å²) in [5.74, 6) is 0.313. The van der Waals surface area contributed by atoms with Gasteiger partial charge < -0.3 is 14.2 Å². The van der Waals surface area contributed by atoms with E-state index in [0.29, 0.717) is 11.3 Å². The van der Waals surface area contributed by atoms with Crippen molar-refractivity contribution in [1.29, 1.82) is 5.26 Å². The fourth-order valence-electron chi connectivity index (χ4n) is 2.24. The number of hydrogen-bond donors (Lipinski definition) is 0. The summed E-state index contributed by atoms with van der Waals surface area (Å²) in [4.78, 5) is 0. The second kappa shape index (κ2) is 7.90. The van der Waals surface area contributed by atoms with Gasteiger partial charge >= 0.3 is 6.36 Å². The molecule has 0 aliphatic carbocycles. The molecule has 0 bridgehead atoms. The molecule has 0 aliphatic heterocycles. The molecule has 132 valence electrons. The quantitative estimate of drug-likeness (QED) is 0.700. The van der Waals surface area contributed by atoms with Crippen molar-refractivity contribution in [3.05, 3.63) is 59.2 Å². The van der Waals surface area contributed by atoms with Crippen molar-refractivity contribution >= 4 is 0 Å². The van der Waals surface area contributed by atoms with E-state index in [1.165, 1.54) is 12.1 Å². The van der Waals surface area contributed by atoms with Crippen LogP contribution in [0.15, 0.2) is 42.5 Å². The number of nitriles is 1. The van der Waals surface area contributed by atoms with Crippen LogP contribution in [0.4, 0.5) is 13.2 Å². The number of ether oxygens (including phenoxy) is 3. The first-order valence-corrected chi connectivity index (χ1v) is 7.36. The lowest BCUT2D eigenvalue weighted by Crippen LogP contribution is -2.17. The second-order valence-corrected chi connectivity index (χ2v) is 5.28. The van der Waals surface area contributed by atoms with Crippen LogP contribution in [0.5, 0.6) is 11.5 Å². The molecule has 0 aliphatic rings. The molecule has 1 unspecified atom stereocenters. The van der Waals surface area contributed by atoms with Crippen molar-refractivity contribution in [3.63, 3.8) is 0 Å². The lowest BCUT2D eigenvalue weighted by molar-refractivity contribution is -0.274. The van der Waals surface area contributed by atoms with Gasteiger partial charge in [-0.1, -0.05) is 30.3 Å². The Labute approximate surface area is 143 Å². The lowest BCUT2D eigenvalue weighted by atomic mass is 10.1. The maximum atomic E-state index is 12.1. The Hall–Kier alpha value is -2.72. The SMILES string of the molecule is Cc1cccc(C)c1OCOC(C#N)c1ccc(OC(F)(F)F)cc1. The number of para-hydroxylation sites is 1. The van der Waals surface area contributed by atoms with Crippen molar-refractivity contribution in [2.24, 2.45) is 0 Å². The van der Waals surface area contributed by atoms with Crippen LogP contribution in [0.2, 0.25) is 0 Å². The Morgan fingerprint density at radius 1 is 1.04 bits per heavy atom. The summed E-state index contributed by atoms with van der Waals surface area (Å²) in [6, 6.07) is 12.6. The number of aryl methyl sites for hydroxylation is 2. The molecule has 0 spiro atoms. The number of benzene rings is 2. The Morgan fingerprint density at radius 2 is 1.64 bits per heavy atom. The summed E-state index contributed by atoms with van der Waals surface area (Å²) >= 11 is 0. The Balaban J connectivity index is 1.97. The topological polar surface area (TPSA) is 51.5 Å². The van der Waals surface area contributed by atoms with Crippen LogP contribution in [0.25, 0.3) is 0 Å². The van der Waals surface area contributed by atoms with E-state index >= 15 is 0 Å². The van der Waals surface area contributed by atoms with Crippen molar-refractivity contribution in [2.45, 2.75) is 26.3 Å². The molecule has 0 saturated heterocycles. The predicted octanol–water partition coefficient (Wildman–Crippen LogP) is 4.82. The molecule has 0 aromatic heterocycles. The van der Waals surface area contributed by atoms with Gasteiger partial charge in [-0.05, 0) is 42.7 Å². The Morgan fingerprint density at radius 3 is 2.16 bits per heavy atom. The van der Waals surface area contributed by atoms with Crippen LogP contribution in [0.1, 0.15) is 22.8 Å². The van der Waals surface area contributed by atoms with Gasteiger partial charge in [0.1, 0.15) is 11.5 Å². The molecule has 7 heteroatoms. The van der Waals surface area contributed by atoms with Crippen molar-refractivity contribution in [3.8, 4) is 17.6 Å². The Kier molecular flexibility index (Phi) is 5.88. The number of hydrogen-bond acceptors (Lipinski definition) is 4. The van der Waals surface area contributed by atoms with E-state index in [0.717, 1.165) is 23.3 Å². The van der Waals surface area contributed by atoms with E-state index in [1.807, 2.05) is 38.1 Å². The molecular formula is C18H16F3NO3.